The third kappa shape index (κ3) is 4.35. The van der Waals surface area contributed by atoms with E-state index in [1.807, 2.05) is 25.1 Å². The van der Waals surface area contributed by atoms with Crippen LogP contribution < -0.4 is 5.32 Å². The van der Waals surface area contributed by atoms with E-state index < -0.39 is 22.9 Å². The van der Waals surface area contributed by atoms with Gasteiger partial charge in [0.05, 0.1) is 17.6 Å². The van der Waals surface area contributed by atoms with Gasteiger partial charge in [0, 0.05) is 28.8 Å². The van der Waals surface area contributed by atoms with E-state index in [9.17, 15) is 19.7 Å². The highest BCUT2D eigenvalue weighted by atomic mass is 16.6. The summed E-state index contributed by atoms with van der Waals surface area (Å²) in [5, 5.41) is 14.0. The number of ether oxygens (including phenoxy) is 1. The molecule has 1 N–H and O–H groups in total. The van der Waals surface area contributed by atoms with Crippen molar-refractivity contribution in [2.75, 3.05) is 5.32 Å². The van der Waals surface area contributed by atoms with Gasteiger partial charge in [-0.1, -0.05) is 12.1 Å². The van der Waals surface area contributed by atoms with Crippen molar-refractivity contribution in [3.05, 3.63) is 70.0 Å². The van der Waals surface area contributed by atoms with Crippen LogP contribution >= 0.6 is 0 Å². The number of nitro benzene ring substituents is 1. The van der Waals surface area contributed by atoms with Crippen molar-refractivity contribution in [3.8, 4) is 0 Å². The Kier molecular flexibility index (Phi) is 5.39. The number of benzene rings is 2. The minimum atomic E-state index is -1.02. The van der Waals surface area contributed by atoms with Crippen molar-refractivity contribution < 1.29 is 23.7 Å². The summed E-state index contributed by atoms with van der Waals surface area (Å²) >= 11 is 0. The molecule has 3 rings (SSSR count). The van der Waals surface area contributed by atoms with Gasteiger partial charge in [0.25, 0.3) is 11.6 Å². The average molecular weight is 382 g/mol. The summed E-state index contributed by atoms with van der Waals surface area (Å²) in [6.07, 6.45) is 0.459. The van der Waals surface area contributed by atoms with Crippen molar-refractivity contribution in [3.63, 3.8) is 0 Å². The maximum atomic E-state index is 12.2. The smallest absolute Gasteiger partial charge is 0.311 e. The lowest BCUT2D eigenvalue weighted by atomic mass is 10.1. The van der Waals surface area contributed by atoms with E-state index in [1.54, 1.807) is 0 Å². The van der Waals surface area contributed by atoms with Crippen LogP contribution in [0.15, 0.2) is 53.1 Å². The Labute approximate surface area is 160 Å². The molecule has 0 fully saturated rings. The number of nitrogens with one attached hydrogen (secondary N) is 1. The first-order chi connectivity index (χ1) is 13.3. The van der Waals surface area contributed by atoms with Gasteiger partial charge in [-0.15, -0.1) is 0 Å². The fourth-order valence-corrected chi connectivity index (χ4v) is 2.69. The van der Waals surface area contributed by atoms with Crippen LogP contribution in [-0.4, -0.2) is 22.9 Å². The summed E-state index contributed by atoms with van der Waals surface area (Å²) in [5.41, 5.74) is 2.71. The first-order valence-electron chi connectivity index (χ1n) is 8.55. The van der Waals surface area contributed by atoms with E-state index in [-0.39, 0.29) is 12.1 Å². The number of aryl methyl sites for hydroxylation is 1. The van der Waals surface area contributed by atoms with Gasteiger partial charge in [-0.25, -0.2) is 0 Å². The lowest BCUT2D eigenvalue weighted by Crippen LogP contribution is -2.30. The first-order valence-corrected chi connectivity index (χ1v) is 8.55. The number of non-ortho nitro benzene ring substituents is 1. The second-order valence-electron chi connectivity index (χ2n) is 6.36. The summed E-state index contributed by atoms with van der Waals surface area (Å²) in [4.78, 5) is 34.5. The van der Waals surface area contributed by atoms with E-state index in [1.165, 1.54) is 37.5 Å². The van der Waals surface area contributed by atoms with Gasteiger partial charge in [0.2, 0.25) is 0 Å². The highest BCUT2D eigenvalue weighted by Gasteiger charge is 2.20. The molecule has 1 amide bonds. The van der Waals surface area contributed by atoms with Crippen LogP contribution in [0.2, 0.25) is 0 Å². The minimum Gasteiger partial charge on any atom is -0.464 e. The van der Waals surface area contributed by atoms with Crippen LogP contribution in [0.25, 0.3) is 11.0 Å². The highest BCUT2D eigenvalue weighted by molar-refractivity contribution is 5.95. The molecule has 8 nitrogen and oxygen atoms in total. The Morgan fingerprint density at radius 1 is 1.21 bits per heavy atom. The van der Waals surface area contributed by atoms with Crippen LogP contribution in [0.4, 0.5) is 11.4 Å². The molecule has 144 valence electrons. The van der Waals surface area contributed by atoms with Crippen molar-refractivity contribution in [2.45, 2.75) is 26.4 Å². The molecule has 1 atom stereocenters. The van der Waals surface area contributed by atoms with Crippen molar-refractivity contribution in [1.82, 2.24) is 0 Å². The molecule has 1 aromatic heterocycles. The number of hydrogen-bond acceptors (Lipinski definition) is 6. The van der Waals surface area contributed by atoms with Crippen LogP contribution in [0, 0.1) is 17.0 Å². The zero-order chi connectivity index (χ0) is 20.3. The first kappa shape index (κ1) is 19.1. The molecule has 1 unspecified atom stereocenters. The average Bonchev–Trinajstić information content (AvgIpc) is 3.03. The lowest BCUT2D eigenvalue weighted by Gasteiger charge is -2.13. The van der Waals surface area contributed by atoms with Gasteiger partial charge in [-0.05, 0) is 37.6 Å². The number of esters is 1. The Balaban J connectivity index is 1.58. The molecule has 0 aliphatic carbocycles. The SMILES string of the molecule is Cc1ccc2c(CC(=O)OC(C)C(=O)Nc3ccc([N+](=O)[O-])cc3)coc2c1. The number of hydrogen-bond donors (Lipinski definition) is 1. The normalized spacial score (nSPS) is 11.8. The number of nitro groups is 1. The molecular weight excluding hydrogens is 364 g/mol. The molecule has 1 heterocycles. The van der Waals surface area contributed by atoms with Gasteiger partial charge in [-0.3, -0.25) is 19.7 Å². The predicted octanol–water partition coefficient (Wildman–Crippen LogP) is 3.76. The van der Waals surface area contributed by atoms with E-state index in [0.717, 1.165) is 10.9 Å². The van der Waals surface area contributed by atoms with Gasteiger partial charge >= 0.3 is 5.97 Å². The molecule has 8 heteroatoms. The second kappa shape index (κ2) is 7.91. The maximum Gasteiger partial charge on any atom is 0.311 e. The van der Waals surface area contributed by atoms with E-state index in [2.05, 4.69) is 5.32 Å². The summed E-state index contributed by atoms with van der Waals surface area (Å²) < 4.78 is 10.6. The number of nitrogens with zero attached hydrogens (tertiary/aromatic N) is 1. The van der Waals surface area contributed by atoms with Crippen molar-refractivity contribution in [2.24, 2.45) is 0 Å². The predicted molar refractivity (Wildman–Crippen MR) is 102 cm³/mol. The van der Waals surface area contributed by atoms with Crippen LogP contribution in [0.1, 0.15) is 18.1 Å². The number of fused-ring (bicyclic) bond motifs is 1. The molecule has 2 aromatic carbocycles. The minimum absolute atomic E-state index is 0.0226. The van der Waals surface area contributed by atoms with E-state index in [0.29, 0.717) is 16.8 Å². The largest absolute Gasteiger partial charge is 0.464 e. The highest BCUT2D eigenvalue weighted by Crippen LogP contribution is 2.23. The lowest BCUT2D eigenvalue weighted by molar-refractivity contribution is -0.384. The quantitative estimate of drug-likeness (QED) is 0.395. The topological polar surface area (TPSA) is 112 Å². The summed E-state index contributed by atoms with van der Waals surface area (Å²) in [6.45, 7) is 3.40. The molecule has 0 bridgehead atoms. The fraction of sp³-hybridized carbons (Fsp3) is 0.200. The number of amides is 1. The summed E-state index contributed by atoms with van der Waals surface area (Å²) in [7, 11) is 0. The molecule has 0 spiro atoms. The number of furan rings is 1. The zero-order valence-electron chi connectivity index (χ0n) is 15.3. The number of carbonyl (C=O) groups excluding carboxylic acids is 2. The Morgan fingerprint density at radius 3 is 2.61 bits per heavy atom. The Hall–Kier alpha value is -3.68. The van der Waals surface area contributed by atoms with Crippen LogP contribution in [-0.2, 0) is 20.7 Å². The van der Waals surface area contributed by atoms with Crippen molar-refractivity contribution >= 4 is 34.2 Å². The summed E-state index contributed by atoms with van der Waals surface area (Å²) in [6, 6.07) is 11.0. The third-order valence-electron chi connectivity index (χ3n) is 4.17. The van der Waals surface area contributed by atoms with Gasteiger partial charge in [0.15, 0.2) is 6.10 Å². The maximum absolute atomic E-state index is 12.2. The molecule has 28 heavy (non-hydrogen) atoms. The Bertz CT molecular complexity index is 1040. The van der Waals surface area contributed by atoms with Gasteiger partial charge in [0.1, 0.15) is 5.58 Å². The van der Waals surface area contributed by atoms with E-state index >= 15 is 0 Å². The van der Waals surface area contributed by atoms with Gasteiger partial charge < -0.3 is 14.5 Å². The zero-order valence-corrected chi connectivity index (χ0v) is 15.3. The summed E-state index contributed by atoms with van der Waals surface area (Å²) in [5.74, 6) is -1.09. The third-order valence-corrected chi connectivity index (χ3v) is 4.17. The van der Waals surface area contributed by atoms with E-state index in [4.69, 9.17) is 9.15 Å². The molecule has 0 aliphatic rings. The molecule has 0 saturated heterocycles. The standard InChI is InChI=1S/C20H18N2O6/c1-12-3-8-17-14(11-27-18(17)9-12)10-19(23)28-13(2)20(24)21-15-4-6-16(7-5-15)22(25)26/h3-9,11,13H,10H2,1-2H3,(H,21,24). The molecule has 0 radical (unpaired) electrons. The monoisotopic (exact) mass is 382 g/mol. The molecular formula is C20H18N2O6. The fourth-order valence-electron chi connectivity index (χ4n) is 2.69. The Morgan fingerprint density at radius 2 is 1.93 bits per heavy atom. The number of rotatable bonds is 6. The second-order valence-corrected chi connectivity index (χ2v) is 6.36. The van der Waals surface area contributed by atoms with Crippen molar-refractivity contribution in [1.29, 1.82) is 0 Å². The number of carbonyl (C=O) groups is 2. The molecule has 3 aromatic rings. The van der Waals surface area contributed by atoms with Gasteiger partial charge in [-0.2, -0.15) is 0 Å². The molecule has 0 saturated carbocycles. The molecule has 0 aliphatic heterocycles. The number of anilines is 1. The van der Waals surface area contributed by atoms with Crippen LogP contribution in [0.5, 0.6) is 0 Å². The van der Waals surface area contributed by atoms with Crippen LogP contribution in [0.3, 0.4) is 0 Å².